The fraction of sp³-hybridized carbons (Fsp3) is 0.286. The molecule has 4 nitrogen and oxygen atoms in total. The van der Waals surface area contributed by atoms with E-state index >= 15 is 0 Å². The second-order valence-corrected chi connectivity index (χ2v) is 6.01. The van der Waals surface area contributed by atoms with E-state index in [2.05, 4.69) is 10.3 Å². The molecule has 2 aromatic rings. The lowest BCUT2D eigenvalue weighted by molar-refractivity contribution is -0.115. The summed E-state index contributed by atoms with van der Waals surface area (Å²) in [6, 6.07) is 5.15. The standard InChI is InChI=1S/C14H15ClN2O2S/c1-8-13(20-9(2)16-8)7-14(18)17-10-4-5-12(19-3)11(15)6-10/h4-6H,7H2,1-3H3,(H,17,18). The second-order valence-electron chi connectivity index (χ2n) is 4.32. The molecule has 1 aromatic carbocycles. The summed E-state index contributed by atoms with van der Waals surface area (Å²) in [7, 11) is 1.55. The third-order valence-electron chi connectivity index (χ3n) is 2.76. The van der Waals surface area contributed by atoms with Gasteiger partial charge in [0, 0.05) is 10.6 Å². The van der Waals surface area contributed by atoms with Crippen LogP contribution in [-0.2, 0) is 11.2 Å². The van der Waals surface area contributed by atoms with Crippen molar-refractivity contribution in [2.24, 2.45) is 0 Å². The molecule has 2 rings (SSSR count). The maximum Gasteiger partial charge on any atom is 0.229 e. The van der Waals surface area contributed by atoms with Gasteiger partial charge in [-0.2, -0.15) is 0 Å². The highest BCUT2D eigenvalue weighted by Gasteiger charge is 2.11. The first-order valence-corrected chi connectivity index (χ1v) is 7.25. The minimum Gasteiger partial charge on any atom is -0.495 e. The minimum atomic E-state index is -0.0852. The average molecular weight is 311 g/mol. The van der Waals surface area contributed by atoms with Crippen LogP contribution in [0.2, 0.25) is 5.02 Å². The van der Waals surface area contributed by atoms with Crippen LogP contribution in [-0.4, -0.2) is 18.0 Å². The predicted octanol–water partition coefficient (Wildman–Crippen LogP) is 3.60. The van der Waals surface area contributed by atoms with E-state index in [9.17, 15) is 4.79 Å². The Bertz CT molecular complexity index is 640. The van der Waals surface area contributed by atoms with Crippen LogP contribution < -0.4 is 10.1 Å². The van der Waals surface area contributed by atoms with Gasteiger partial charge in [0.15, 0.2) is 0 Å². The number of anilines is 1. The van der Waals surface area contributed by atoms with Crippen molar-refractivity contribution in [1.29, 1.82) is 0 Å². The fourth-order valence-electron chi connectivity index (χ4n) is 1.83. The van der Waals surface area contributed by atoms with Gasteiger partial charge in [0.2, 0.25) is 5.91 Å². The normalized spacial score (nSPS) is 10.4. The molecule has 0 fully saturated rings. The summed E-state index contributed by atoms with van der Waals surface area (Å²) in [5.41, 5.74) is 1.56. The summed E-state index contributed by atoms with van der Waals surface area (Å²) in [4.78, 5) is 17.3. The maximum atomic E-state index is 12.0. The zero-order chi connectivity index (χ0) is 14.7. The molecule has 0 saturated carbocycles. The highest BCUT2D eigenvalue weighted by molar-refractivity contribution is 7.11. The molecule has 0 aliphatic carbocycles. The lowest BCUT2D eigenvalue weighted by atomic mass is 10.2. The Kier molecular flexibility index (Phi) is 4.62. The lowest BCUT2D eigenvalue weighted by Gasteiger charge is -2.07. The van der Waals surface area contributed by atoms with Crippen LogP contribution in [0.3, 0.4) is 0 Å². The Labute approximate surface area is 126 Å². The minimum absolute atomic E-state index is 0.0852. The number of methoxy groups -OCH3 is 1. The zero-order valence-electron chi connectivity index (χ0n) is 11.5. The zero-order valence-corrected chi connectivity index (χ0v) is 13.1. The quantitative estimate of drug-likeness (QED) is 0.938. The summed E-state index contributed by atoms with van der Waals surface area (Å²) in [5, 5.41) is 4.26. The monoisotopic (exact) mass is 310 g/mol. The van der Waals surface area contributed by atoms with Crippen LogP contribution in [0, 0.1) is 13.8 Å². The number of aryl methyl sites for hydroxylation is 2. The van der Waals surface area contributed by atoms with E-state index in [0.29, 0.717) is 22.9 Å². The first-order chi connectivity index (χ1) is 9.49. The highest BCUT2D eigenvalue weighted by atomic mass is 35.5. The van der Waals surface area contributed by atoms with Gasteiger partial charge in [-0.3, -0.25) is 4.79 Å². The smallest absolute Gasteiger partial charge is 0.229 e. The Morgan fingerprint density at radius 2 is 2.20 bits per heavy atom. The fourth-order valence-corrected chi connectivity index (χ4v) is 3.03. The molecule has 1 amide bonds. The molecule has 6 heteroatoms. The van der Waals surface area contributed by atoms with Crippen molar-refractivity contribution in [3.05, 3.63) is 38.8 Å². The van der Waals surface area contributed by atoms with Crippen molar-refractivity contribution in [3.8, 4) is 5.75 Å². The van der Waals surface area contributed by atoms with Gasteiger partial charge >= 0.3 is 0 Å². The number of ether oxygens (including phenoxy) is 1. The van der Waals surface area contributed by atoms with Gasteiger partial charge in [-0.15, -0.1) is 11.3 Å². The lowest BCUT2D eigenvalue weighted by Crippen LogP contribution is -2.14. The molecule has 0 atom stereocenters. The molecule has 1 heterocycles. The molecule has 0 aliphatic rings. The number of hydrogen-bond acceptors (Lipinski definition) is 4. The number of thiazole rings is 1. The SMILES string of the molecule is COc1ccc(NC(=O)Cc2sc(C)nc2C)cc1Cl. The Balaban J connectivity index is 2.04. The molecule has 106 valence electrons. The summed E-state index contributed by atoms with van der Waals surface area (Å²) in [6.07, 6.45) is 0.320. The average Bonchev–Trinajstić information content (AvgIpc) is 2.68. The largest absolute Gasteiger partial charge is 0.495 e. The van der Waals surface area contributed by atoms with Crippen LogP contribution in [0.4, 0.5) is 5.69 Å². The van der Waals surface area contributed by atoms with Gasteiger partial charge in [-0.25, -0.2) is 4.98 Å². The summed E-state index contributed by atoms with van der Waals surface area (Å²) in [5.74, 6) is 0.497. The van der Waals surface area contributed by atoms with E-state index in [4.69, 9.17) is 16.3 Å². The molecule has 1 N–H and O–H groups in total. The molecule has 1 aromatic heterocycles. The third kappa shape index (κ3) is 3.49. The number of halogens is 1. The first-order valence-electron chi connectivity index (χ1n) is 6.06. The molecule has 0 bridgehead atoms. The number of nitrogens with one attached hydrogen (secondary N) is 1. The third-order valence-corrected chi connectivity index (χ3v) is 4.12. The van der Waals surface area contributed by atoms with E-state index in [1.165, 1.54) is 0 Å². The second kappa shape index (κ2) is 6.24. The number of hydrogen-bond donors (Lipinski definition) is 1. The number of amides is 1. The van der Waals surface area contributed by atoms with E-state index < -0.39 is 0 Å². The van der Waals surface area contributed by atoms with Crippen LogP contribution in [0.5, 0.6) is 5.75 Å². The van der Waals surface area contributed by atoms with Crippen LogP contribution in [0.15, 0.2) is 18.2 Å². The number of aromatic nitrogens is 1. The Morgan fingerprint density at radius 3 is 2.75 bits per heavy atom. The van der Waals surface area contributed by atoms with Gasteiger partial charge < -0.3 is 10.1 Å². The number of benzene rings is 1. The van der Waals surface area contributed by atoms with Gasteiger partial charge in [0.05, 0.1) is 29.3 Å². The topological polar surface area (TPSA) is 51.2 Å². The predicted molar refractivity (Wildman–Crippen MR) is 81.9 cm³/mol. The first kappa shape index (κ1) is 14.8. The van der Waals surface area contributed by atoms with Gasteiger partial charge in [-0.1, -0.05) is 11.6 Å². The summed E-state index contributed by atoms with van der Waals surface area (Å²) in [6.45, 7) is 3.85. The number of nitrogens with zero attached hydrogens (tertiary/aromatic N) is 1. The van der Waals surface area contributed by atoms with Gasteiger partial charge in [0.1, 0.15) is 5.75 Å². The van der Waals surface area contributed by atoms with Crippen LogP contribution >= 0.6 is 22.9 Å². The highest BCUT2D eigenvalue weighted by Crippen LogP contribution is 2.27. The van der Waals surface area contributed by atoms with Crippen LogP contribution in [0.1, 0.15) is 15.6 Å². The van der Waals surface area contributed by atoms with E-state index in [0.717, 1.165) is 15.6 Å². The van der Waals surface area contributed by atoms with Crippen molar-refractivity contribution < 1.29 is 9.53 Å². The Morgan fingerprint density at radius 1 is 1.45 bits per heavy atom. The van der Waals surface area contributed by atoms with Gasteiger partial charge in [0.25, 0.3) is 0 Å². The van der Waals surface area contributed by atoms with Crippen molar-refractivity contribution in [2.45, 2.75) is 20.3 Å². The molecule has 0 spiro atoms. The molecular formula is C14H15ClN2O2S. The van der Waals surface area contributed by atoms with E-state index in [1.54, 1.807) is 36.6 Å². The number of carbonyl (C=O) groups excluding carboxylic acids is 1. The van der Waals surface area contributed by atoms with Crippen molar-refractivity contribution >= 4 is 34.5 Å². The summed E-state index contributed by atoms with van der Waals surface area (Å²) < 4.78 is 5.07. The van der Waals surface area contributed by atoms with Gasteiger partial charge in [-0.05, 0) is 32.0 Å². The summed E-state index contributed by atoms with van der Waals surface area (Å²) >= 11 is 7.56. The molecule has 0 radical (unpaired) electrons. The van der Waals surface area contributed by atoms with E-state index in [1.807, 2.05) is 13.8 Å². The number of carbonyl (C=O) groups is 1. The Hall–Kier alpha value is -1.59. The van der Waals surface area contributed by atoms with Crippen molar-refractivity contribution in [3.63, 3.8) is 0 Å². The molecule has 0 unspecified atom stereocenters. The van der Waals surface area contributed by atoms with E-state index in [-0.39, 0.29) is 5.91 Å². The molecule has 0 aliphatic heterocycles. The van der Waals surface area contributed by atoms with Crippen molar-refractivity contribution in [2.75, 3.05) is 12.4 Å². The molecule has 20 heavy (non-hydrogen) atoms. The molecular weight excluding hydrogens is 296 g/mol. The number of rotatable bonds is 4. The molecule has 0 saturated heterocycles. The van der Waals surface area contributed by atoms with Crippen molar-refractivity contribution in [1.82, 2.24) is 4.98 Å². The van der Waals surface area contributed by atoms with Crippen LogP contribution in [0.25, 0.3) is 0 Å². The maximum absolute atomic E-state index is 12.0.